The lowest BCUT2D eigenvalue weighted by molar-refractivity contribution is -0.132. The van der Waals surface area contributed by atoms with E-state index in [9.17, 15) is 9.59 Å². The molecule has 29 heavy (non-hydrogen) atoms. The maximum Gasteiger partial charge on any atom is 0.241 e. The molecule has 0 saturated carbocycles. The van der Waals surface area contributed by atoms with Crippen molar-refractivity contribution in [2.75, 3.05) is 44.2 Å². The van der Waals surface area contributed by atoms with Crippen LogP contribution in [0, 0.1) is 13.8 Å². The number of hydrogen-bond donors (Lipinski definition) is 0. The molecule has 0 aliphatic carbocycles. The summed E-state index contributed by atoms with van der Waals surface area (Å²) >= 11 is 0. The number of aromatic nitrogens is 2. The lowest BCUT2D eigenvalue weighted by atomic mass is 10.1. The van der Waals surface area contributed by atoms with Gasteiger partial charge in [-0.1, -0.05) is 18.2 Å². The van der Waals surface area contributed by atoms with Crippen molar-refractivity contribution in [3.05, 3.63) is 46.8 Å². The van der Waals surface area contributed by atoms with Crippen molar-refractivity contribution in [2.24, 2.45) is 7.05 Å². The Morgan fingerprint density at radius 2 is 1.72 bits per heavy atom. The van der Waals surface area contributed by atoms with Crippen LogP contribution >= 0.6 is 0 Å². The minimum absolute atomic E-state index is 0.142. The molecule has 154 valence electrons. The van der Waals surface area contributed by atoms with Gasteiger partial charge in [0.15, 0.2) is 0 Å². The molecule has 0 radical (unpaired) electrons. The van der Waals surface area contributed by atoms with Crippen molar-refractivity contribution in [1.82, 2.24) is 19.6 Å². The van der Waals surface area contributed by atoms with Crippen LogP contribution in [0.4, 0.5) is 5.69 Å². The first-order valence-corrected chi connectivity index (χ1v) is 10.3. The average molecular weight is 396 g/mol. The molecule has 1 fully saturated rings. The zero-order valence-corrected chi connectivity index (χ0v) is 17.5. The summed E-state index contributed by atoms with van der Waals surface area (Å²) in [4.78, 5) is 31.5. The van der Waals surface area contributed by atoms with Gasteiger partial charge in [0.25, 0.3) is 0 Å². The number of nitrogens with zero attached hydrogens (tertiary/aromatic N) is 5. The molecule has 2 aliphatic heterocycles. The molecule has 0 bridgehead atoms. The van der Waals surface area contributed by atoms with Crippen LogP contribution in [0.3, 0.4) is 0 Å². The van der Waals surface area contributed by atoms with E-state index in [1.54, 1.807) is 0 Å². The van der Waals surface area contributed by atoms with E-state index in [1.807, 2.05) is 53.6 Å². The molecule has 3 heterocycles. The van der Waals surface area contributed by atoms with Crippen molar-refractivity contribution in [3.63, 3.8) is 0 Å². The number of carbonyl (C=O) groups is 2. The minimum Gasteiger partial charge on any atom is -0.340 e. The second kappa shape index (κ2) is 7.99. The molecule has 0 N–H and O–H groups in total. The van der Waals surface area contributed by atoms with Gasteiger partial charge in [0.2, 0.25) is 11.8 Å². The number of fused-ring (bicyclic) bond motifs is 1. The molecule has 1 saturated heterocycles. The first kappa shape index (κ1) is 19.6. The van der Waals surface area contributed by atoms with E-state index < -0.39 is 0 Å². The first-order chi connectivity index (χ1) is 13.9. The molecule has 1 aromatic heterocycles. The Morgan fingerprint density at radius 3 is 2.41 bits per heavy atom. The molecular weight excluding hydrogens is 366 g/mol. The average Bonchev–Trinajstić information content (AvgIpc) is 3.25. The van der Waals surface area contributed by atoms with Crippen molar-refractivity contribution >= 4 is 17.5 Å². The van der Waals surface area contributed by atoms with Crippen molar-refractivity contribution < 1.29 is 9.59 Å². The normalized spacial score (nSPS) is 16.9. The summed E-state index contributed by atoms with van der Waals surface area (Å²) in [5.41, 5.74) is 5.30. The Morgan fingerprint density at radius 1 is 1.00 bits per heavy atom. The fourth-order valence-corrected chi connectivity index (χ4v) is 4.37. The number of carbonyl (C=O) groups excluding carboxylic acids is 2. The van der Waals surface area contributed by atoms with Crippen LogP contribution in [0.2, 0.25) is 0 Å². The second-order valence-corrected chi connectivity index (χ2v) is 8.03. The third-order valence-electron chi connectivity index (χ3n) is 6.26. The highest BCUT2D eigenvalue weighted by atomic mass is 16.2. The van der Waals surface area contributed by atoms with Crippen molar-refractivity contribution in [1.29, 1.82) is 0 Å². The Balaban J connectivity index is 1.29. The fourth-order valence-electron chi connectivity index (χ4n) is 4.37. The number of aryl methyl sites for hydroxylation is 2. The zero-order chi connectivity index (χ0) is 20.5. The van der Waals surface area contributed by atoms with E-state index in [2.05, 4.69) is 16.1 Å². The van der Waals surface area contributed by atoms with E-state index in [1.165, 1.54) is 5.56 Å². The van der Waals surface area contributed by atoms with Gasteiger partial charge in [-0.15, -0.1) is 0 Å². The van der Waals surface area contributed by atoms with Gasteiger partial charge in [-0.2, -0.15) is 5.10 Å². The highest BCUT2D eigenvalue weighted by Crippen LogP contribution is 2.27. The molecule has 2 aliphatic rings. The lowest BCUT2D eigenvalue weighted by Crippen LogP contribution is -2.51. The monoisotopic (exact) mass is 395 g/mol. The van der Waals surface area contributed by atoms with Crippen LogP contribution in [-0.2, 0) is 29.5 Å². The highest BCUT2D eigenvalue weighted by molar-refractivity contribution is 5.96. The van der Waals surface area contributed by atoms with E-state index in [-0.39, 0.29) is 11.8 Å². The summed E-state index contributed by atoms with van der Waals surface area (Å²) in [5, 5.41) is 4.40. The Kier molecular flexibility index (Phi) is 5.41. The van der Waals surface area contributed by atoms with Gasteiger partial charge in [0.05, 0.1) is 18.7 Å². The Bertz CT molecular complexity index is 927. The maximum atomic E-state index is 12.8. The quantitative estimate of drug-likeness (QED) is 0.783. The van der Waals surface area contributed by atoms with E-state index in [0.717, 1.165) is 48.7 Å². The number of rotatable bonds is 4. The topological polar surface area (TPSA) is 61.7 Å². The maximum absolute atomic E-state index is 12.8. The first-order valence-electron chi connectivity index (χ1n) is 10.3. The van der Waals surface area contributed by atoms with Gasteiger partial charge < -0.3 is 9.80 Å². The predicted octanol–water partition coefficient (Wildman–Crippen LogP) is 1.31. The molecule has 0 atom stereocenters. The summed E-state index contributed by atoms with van der Waals surface area (Å²) in [6.07, 6.45) is 1.33. The van der Waals surface area contributed by atoms with Crippen LogP contribution in [0.15, 0.2) is 24.3 Å². The van der Waals surface area contributed by atoms with Crippen LogP contribution in [-0.4, -0.2) is 70.7 Å². The highest BCUT2D eigenvalue weighted by Gasteiger charge is 2.28. The van der Waals surface area contributed by atoms with E-state index in [4.69, 9.17) is 0 Å². The zero-order valence-electron chi connectivity index (χ0n) is 17.5. The summed E-state index contributed by atoms with van der Waals surface area (Å²) in [6.45, 7) is 7.94. The summed E-state index contributed by atoms with van der Waals surface area (Å²) in [7, 11) is 1.91. The standard InChI is InChI=1S/C22H29N5O2/c1-16-19(17(2)24(3)23-16)14-21(28)26-12-10-25(11-13-26)15-22(29)27-9-8-18-6-4-5-7-20(18)27/h4-7H,8-15H2,1-3H3. The number of hydrogen-bond acceptors (Lipinski definition) is 4. The second-order valence-electron chi connectivity index (χ2n) is 8.03. The molecule has 2 amide bonds. The van der Waals surface area contributed by atoms with Crippen LogP contribution in [0.1, 0.15) is 22.5 Å². The SMILES string of the molecule is Cc1nn(C)c(C)c1CC(=O)N1CCN(CC(=O)N2CCc3ccccc32)CC1. The largest absolute Gasteiger partial charge is 0.340 e. The van der Waals surface area contributed by atoms with Gasteiger partial charge in [-0.05, 0) is 31.9 Å². The van der Waals surface area contributed by atoms with E-state index in [0.29, 0.717) is 26.1 Å². The van der Waals surface area contributed by atoms with Gasteiger partial charge in [-0.25, -0.2) is 0 Å². The molecule has 1 aromatic carbocycles. The Labute approximate surface area is 171 Å². The molecule has 7 nitrogen and oxygen atoms in total. The number of piperazine rings is 1. The third-order valence-corrected chi connectivity index (χ3v) is 6.26. The summed E-state index contributed by atoms with van der Waals surface area (Å²) in [6, 6.07) is 8.13. The smallest absolute Gasteiger partial charge is 0.241 e. The fraction of sp³-hybridized carbons (Fsp3) is 0.500. The van der Waals surface area contributed by atoms with Crippen molar-refractivity contribution in [3.8, 4) is 0 Å². The van der Waals surface area contributed by atoms with Crippen LogP contribution in [0.5, 0.6) is 0 Å². The molecule has 0 unspecified atom stereocenters. The molecule has 2 aromatic rings. The molecule has 4 rings (SSSR count). The molecular formula is C22H29N5O2. The number of anilines is 1. The third kappa shape index (κ3) is 3.92. The molecule has 0 spiro atoms. The predicted molar refractivity (Wildman–Crippen MR) is 112 cm³/mol. The van der Waals surface area contributed by atoms with E-state index >= 15 is 0 Å². The van der Waals surface area contributed by atoms with Crippen molar-refractivity contribution in [2.45, 2.75) is 26.7 Å². The lowest BCUT2D eigenvalue weighted by Gasteiger charge is -2.35. The number of para-hydroxylation sites is 1. The number of amides is 2. The Hall–Kier alpha value is -2.67. The summed E-state index contributed by atoms with van der Waals surface area (Å²) in [5.74, 6) is 0.292. The number of benzene rings is 1. The van der Waals surface area contributed by atoms with Gasteiger partial charge in [-0.3, -0.25) is 19.2 Å². The molecule has 7 heteroatoms. The van der Waals surface area contributed by atoms with Gasteiger partial charge in [0, 0.05) is 56.7 Å². The van der Waals surface area contributed by atoms with Crippen LogP contribution in [0.25, 0.3) is 0 Å². The van der Waals surface area contributed by atoms with Gasteiger partial charge >= 0.3 is 0 Å². The van der Waals surface area contributed by atoms with Gasteiger partial charge in [0.1, 0.15) is 0 Å². The van der Waals surface area contributed by atoms with Crippen LogP contribution < -0.4 is 4.90 Å². The summed E-state index contributed by atoms with van der Waals surface area (Å²) < 4.78 is 1.83. The minimum atomic E-state index is 0.142.